The fraction of sp³-hybridized carbons (Fsp3) is 0.250. The summed E-state index contributed by atoms with van der Waals surface area (Å²) in [6.45, 7) is 1.70. The van der Waals surface area contributed by atoms with Crippen molar-refractivity contribution in [3.8, 4) is 0 Å². The standard InChI is InChI=1S/C16H18NOS.BF4/c1-17(11-12-18-2)13-7-3-5-9-15(13)19-16-10-6-4-8-14(16)17;2-1(3,4)5/h3-10H,11-12H2,1-2H3;/q+1;-1. The zero-order chi connectivity index (χ0) is 17.8. The van der Waals surface area contributed by atoms with Crippen LogP contribution in [0.5, 0.6) is 0 Å². The summed E-state index contributed by atoms with van der Waals surface area (Å²) in [5, 5.41) is 0. The van der Waals surface area contributed by atoms with E-state index in [1.807, 2.05) is 11.8 Å². The largest absolute Gasteiger partial charge is 0.673 e. The van der Waals surface area contributed by atoms with Gasteiger partial charge in [-0.25, -0.2) is 0 Å². The molecule has 0 atom stereocenters. The third-order valence-corrected chi connectivity index (χ3v) is 4.89. The maximum atomic E-state index is 9.75. The van der Waals surface area contributed by atoms with E-state index in [1.165, 1.54) is 21.2 Å². The van der Waals surface area contributed by atoms with Crippen molar-refractivity contribution >= 4 is 30.4 Å². The second-order valence-electron chi connectivity index (χ2n) is 5.44. The predicted molar refractivity (Wildman–Crippen MR) is 91.3 cm³/mol. The van der Waals surface area contributed by atoms with E-state index < -0.39 is 7.25 Å². The SMILES string of the molecule is COCC[N+]1(C)c2ccccc2Sc2ccccc21.F[B-](F)(F)F. The number of rotatable bonds is 3. The van der Waals surface area contributed by atoms with Gasteiger partial charge in [0.25, 0.3) is 0 Å². The highest BCUT2D eigenvalue weighted by molar-refractivity contribution is 7.99. The van der Waals surface area contributed by atoms with E-state index in [9.17, 15) is 17.3 Å². The Morgan fingerprint density at radius 1 is 0.917 bits per heavy atom. The number of benzene rings is 2. The van der Waals surface area contributed by atoms with Crippen molar-refractivity contribution in [3.05, 3.63) is 48.5 Å². The van der Waals surface area contributed by atoms with E-state index in [-0.39, 0.29) is 0 Å². The van der Waals surface area contributed by atoms with Crippen LogP contribution in [-0.2, 0) is 4.74 Å². The molecule has 1 heterocycles. The first-order chi connectivity index (χ1) is 11.3. The van der Waals surface area contributed by atoms with Gasteiger partial charge in [0, 0.05) is 19.2 Å². The molecule has 1 aliphatic rings. The lowest BCUT2D eigenvalue weighted by atomic mass is 10.1. The minimum Gasteiger partial charge on any atom is -0.418 e. The third kappa shape index (κ3) is 4.52. The van der Waals surface area contributed by atoms with Gasteiger partial charge in [-0.15, -0.1) is 0 Å². The molecule has 24 heavy (non-hydrogen) atoms. The van der Waals surface area contributed by atoms with Crippen LogP contribution in [-0.4, -0.2) is 34.6 Å². The first-order valence-corrected chi connectivity index (χ1v) is 8.16. The predicted octanol–water partition coefficient (Wildman–Crippen LogP) is 5.37. The number of fused-ring (bicyclic) bond motifs is 2. The van der Waals surface area contributed by atoms with Crippen LogP contribution in [0.2, 0.25) is 0 Å². The smallest absolute Gasteiger partial charge is 0.418 e. The Hall–Kier alpha value is -1.51. The van der Waals surface area contributed by atoms with Crippen LogP contribution in [0.25, 0.3) is 0 Å². The average Bonchev–Trinajstić information content (AvgIpc) is 2.52. The van der Waals surface area contributed by atoms with E-state index in [4.69, 9.17) is 4.74 Å². The molecule has 130 valence electrons. The summed E-state index contributed by atoms with van der Waals surface area (Å²) < 4.78 is 45.1. The van der Waals surface area contributed by atoms with Gasteiger partial charge in [0.1, 0.15) is 6.54 Å². The van der Waals surface area contributed by atoms with E-state index in [2.05, 4.69) is 55.6 Å². The van der Waals surface area contributed by atoms with Crippen molar-refractivity contribution in [2.45, 2.75) is 9.79 Å². The Balaban J connectivity index is 0.000000368. The van der Waals surface area contributed by atoms with E-state index in [0.29, 0.717) is 0 Å². The van der Waals surface area contributed by atoms with Crippen molar-refractivity contribution in [1.29, 1.82) is 0 Å². The maximum Gasteiger partial charge on any atom is 0.673 e. The second-order valence-corrected chi connectivity index (χ2v) is 6.52. The Bertz CT molecular complexity index is 644. The van der Waals surface area contributed by atoms with Gasteiger partial charge in [-0.05, 0) is 12.1 Å². The molecule has 0 N–H and O–H groups in total. The van der Waals surface area contributed by atoms with E-state index in [0.717, 1.165) is 17.6 Å². The lowest BCUT2D eigenvalue weighted by Gasteiger charge is -2.38. The van der Waals surface area contributed by atoms with Crippen LogP contribution in [0.4, 0.5) is 28.6 Å². The normalized spacial score (nSPS) is 14.9. The van der Waals surface area contributed by atoms with Crippen molar-refractivity contribution in [1.82, 2.24) is 4.48 Å². The van der Waals surface area contributed by atoms with Crippen LogP contribution < -0.4 is 4.48 Å². The highest BCUT2D eigenvalue weighted by atomic mass is 32.2. The molecule has 0 spiro atoms. The van der Waals surface area contributed by atoms with Crippen LogP contribution in [0.3, 0.4) is 0 Å². The molecule has 0 amide bonds. The van der Waals surface area contributed by atoms with Gasteiger partial charge in [-0.3, -0.25) is 4.48 Å². The molecule has 2 aromatic rings. The molecule has 0 aromatic heterocycles. The van der Waals surface area contributed by atoms with Crippen LogP contribution in [0.15, 0.2) is 58.3 Å². The molecule has 0 aliphatic carbocycles. The monoisotopic (exact) mass is 359 g/mol. The van der Waals surface area contributed by atoms with Gasteiger partial charge in [-0.2, -0.15) is 0 Å². The Morgan fingerprint density at radius 2 is 1.33 bits per heavy atom. The quantitative estimate of drug-likeness (QED) is 0.414. The van der Waals surface area contributed by atoms with Gasteiger partial charge in [0.2, 0.25) is 0 Å². The fourth-order valence-electron chi connectivity index (χ4n) is 2.67. The molecule has 1 aliphatic heterocycles. The number of nitrogens with zero attached hydrogens (tertiary/aromatic N) is 1. The Labute approximate surface area is 143 Å². The molecule has 0 saturated heterocycles. The highest BCUT2D eigenvalue weighted by Gasteiger charge is 2.36. The summed E-state index contributed by atoms with van der Waals surface area (Å²) >= 11 is 1.86. The molecule has 0 fully saturated rings. The molecule has 8 heteroatoms. The molecule has 0 bridgehead atoms. The molecule has 2 nitrogen and oxygen atoms in total. The molecular formula is C16H18BF4NOS. The van der Waals surface area contributed by atoms with Crippen molar-refractivity contribution in [3.63, 3.8) is 0 Å². The molecule has 0 saturated carbocycles. The minimum absolute atomic E-state index is 0.754. The van der Waals surface area contributed by atoms with Crippen molar-refractivity contribution in [2.75, 3.05) is 27.3 Å². The van der Waals surface area contributed by atoms with E-state index >= 15 is 0 Å². The lowest BCUT2D eigenvalue weighted by Crippen LogP contribution is -2.44. The number of ether oxygens (including phenoxy) is 1. The Kier molecular flexibility index (Phi) is 5.95. The summed E-state index contributed by atoms with van der Waals surface area (Å²) in [5.41, 5.74) is 2.73. The Morgan fingerprint density at radius 3 is 1.75 bits per heavy atom. The lowest BCUT2D eigenvalue weighted by molar-refractivity contribution is 0.178. The molecule has 3 rings (SSSR count). The third-order valence-electron chi connectivity index (χ3n) is 3.76. The number of quaternary nitrogens is 1. The molecule has 0 radical (unpaired) electrons. The zero-order valence-corrected chi connectivity index (χ0v) is 14.2. The molecular weight excluding hydrogens is 341 g/mol. The molecule has 2 aromatic carbocycles. The summed E-state index contributed by atoms with van der Waals surface area (Å²) in [6, 6.07) is 17.3. The summed E-state index contributed by atoms with van der Waals surface area (Å²) in [4.78, 5) is 2.69. The topological polar surface area (TPSA) is 9.23 Å². The summed E-state index contributed by atoms with van der Waals surface area (Å²) in [6.07, 6.45) is 0. The van der Waals surface area contributed by atoms with Gasteiger partial charge in [0.15, 0.2) is 11.4 Å². The van der Waals surface area contributed by atoms with Crippen LogP contribution in [0, 0.1) is 0 Å². The van der Waals surface area contributed by atoms with Crippen LogP contribution >= 0.6 is 11.8 Å². The van der Waals surface area contributed by atoms with Gasteiger partial charge >= 0.3 is 7.25 Å². The number of likely N-dealkylation sites (N-methyl/N-ethyl adjacent to an activating group) is 1. The van der Waals surface area contributed by atoms with Crippen molar-refractivity contribution < 1.29 is 22.0 Å². The number of hydrogen-bond acceptors (Lipinski definition) is 2. The molecule has 0 unspecified atom stereocenters. The first kappa shape index (κ1) is 18.8. The maximum absolute atomic E-state index is 9.75. The second kappa shape index (κ2) is 7.59. The van der Waals surface area contributed by atoms with E-state index in [1.54, 1.807) is 7.11 Å². The number of hydrogen-bond donors (Lipinski definition) is 0. The number of methoxy groups -OCH3 is 1. The van der Waals surface area contributed by atoms with Crippen molar-refractivity contribution in [2.24, 2.45) is 0 Å². The van der Waals surface area contributed by atoms with Gasteiger partial charge in [-0.1, -0.05) is 36.0 Å². The minimum atomic E-state index is -6.00. The summed E-state index contributed by atoms with van der Waals surface area (Å²) in [7, 11) is -1.96. The number of para-hydroxylation sites is 2. The zero-order valence-electron chi connectivity index (χ0n) is 13.4. The fourth-order valence-corrected chi connectivity index (χ4v) is 3.94. The van der Waals surface area contributed by atoms with Gasteiger partial charge < -0.3 is 22.0 Å². The average molecular weight is 359 g/mol. The van der Waals surface area contributed by atoms with Gasteiger partial charge in [0.05, 0.1) is 23.4 Å². The van der Waals surface area contributed by atoms with Crippen LogP contribution in [0.1, 0.15) is 0 Å². The number of halogens is 4. The highest BCUT2D eigenvalue weighted by Crippen LogP contribution is 2.51. The first-order valence-electron chi connectivity index (χ1n) is 7.34. The summed E-state index contributed by atoms with van der Waals surface area (Å²) in [5.74, 6) is 0.